The summed E-state index contributed by atoms with van der Waals surface area (Å²) in [5.74, 6) is -0.734. The van der Waals surface area contributed by atoms with Crippen molar-refractivity contribution in [1.29, 1.82) is 0 Å². The van der Waals surface area contributed by atoms with Crippen LogP contribution in [0.3, 0.4) is 0 Å². The molecule has 2 rings (SSSR count). The average molecular weight is 287 g/mol. The van der Waals surface area contributed by atoms with E-state index in [0.29, 0.717) is 13.1 Å². The Hall–Kier alpha value is -1.34. The van der Waals surface area contributed by atoms with Gasteiger partial charge in [0.15, 0.2) is 0 Å². The number of hydrogen-bond donors (Lipinski definition) is 1. The van der Waals surface area contributed by atoms with Crippen molar-refractivity contribution in [3.63, 3.8) is 0 Å². The van der Waals surface area contributed by atoms with E-state index in [4.69, 9.17) is 4.42 Å². The zero-order chi connectivity index (χ0) is 14.4. The largest absolute Gasteiger partial charge is 0.478 e. The van der Waals surface area contributed by atoms with E-state index < -0.39 is 16.0 Å². The molecule has 6 nitrogen and oxygen atoms in total. The van der Waals surface area contributed by atoms with Crippen LogP contribution in [-0.4, -0.2) is 36.9 Å². The lowest BCUT2D eigenvalue weighted by Gasteiger charge is -2.16. The third-order valence-corrected chi connectivity index (χ3v) is 5.42. The van der Waals surface area contributed by atoms with Crippen molar-refractivity contribution < 1.29 is 22.7 Å². The molecule has 1 saturated heterocycles. The van der Waals surface area contributed by atoms with Crippen LogP contribution in [-0.2, 0) is 10.0 Å². The molecule has 1 atom stereocenters. The van der Waals surface area contributed by atoms with E-state index in [1.165, 1.54) is 18.2 Å². The lowest BCUT2D eigenvalue weighted by atomic mass is 10.2. The minimum absolute atomic E-state index is 0.121. The van der Waals surface area contributed by atoms with Gasteiger partial charge < -0.3 is 9.52 Å². The van der Waals surface area contributed by atoms with Gasteiger partial charge in [-0.05, 0) is 26.2 Å². The first-order valence-corrected chi connectivity index (χ1v) is 7.52. The Morgan fingerprint density at radius 1 is 1.37 bits per heavy atom. The maximum atomic E-state index is 12.5. The minimum atomic E-state index is -3.80. The number of aromatic carboxylic acids is 1. The van der Waals surface area contributed by atoms with Crippen molar-refractivity contribution >= 4 is 16.0 Å². The number of carboxylic acids is 1. The summed E-state index contributed by atoms with van der Waals surface area (Å²) >= 11 is 0. The molecule has 1 aromatic heterocycles. The lowest BCUT2D eigenvalue weighted by molar-refractivity contribution is 0.0691. The Balaban J connectivity index is 2.55. The second-order valence-corrected chi connectivity index (χ2v) is 6.86. The maximum Gasteiger partial charge on any atom is 0.340 e. The van der Waals surface area contributed by atoms with Crippen molar-refractivity contribution in [3.8, 4) is 0 Å². The standard InChI is InChI=1S/C12H17NO5S/c1-7-4-5-13(6-7)19(16,17)11-9(3)18-8(2)10(11)12(14)15/h7H,4-6H2,1-3H3,(H,14,15). The Morgan fingerprint density at radius 2 is 2.00 bits per heavy atom. The fourth-order valence-electron chi connectivity index (χ4n) is 2.46. The molecule has 1 aliphatic heterocycles. The summed E-state index contributed by atoms with van der Waals surface area (Å²) in [5, 5.41) is 9.17. The second kappa shape index (κ2) is 4.64. The summed E-state index contributed by atoms with van der Waals surface area (Å²) in [6, 6.07) is 0. The van der Waals surface area contributed by atoms with Gasteiger partial charge in [-0.2, -0.15) is 4.31 Å². The Labute approximate surface area is 112 Å². The summed E-state index contributed by atoms with van der Waals surface area (Å²) in [6.07, 6.45) is 0.789. The van der Waals surface area contributed by atoms with Crippen LogP contribution in [0.5, 0.6) is 0 Å². The molecule has 19 heavy (non-hydrogen) atoms. The van der Waals surface area contributed by atoms with E-state index in [-0.39, 0.29) is 27.9 Å². The van der Waals surface area contributed by atoms with Crippen molar-refractivity contribution in [1.82, 2.24) is 4.31 Å². The Kier molecular flexibility index (Phi) is 3.44. The first-order chi connectivity index (χ1) is 8.75. The van der Waals surface area contributed by atoms with Gasteiger partial charge in [0.2, 0.25) is 10.0 Å². The molecular formula is C12H17NO5S. The summed E-state index contributed by atoms with van der Waals surface area (Å²) in [7, 11) is -3.80. The normalized spacial score (nSPS) is 20.9. The van der Waals surface area contributed by atoms with Crippen molar-refractivity contribution in [2.24, 2.45) is 5.92 Å². The molecule has 2 heterocycles. The van der Waals surface area contributed by atoms with Gasteiger partial charge >= 0.3 is 5.97 Å². The highest BCUT2D eigenvalue weighted by molar-refractivity contribution is 7.89. The Morgan fingerprint density at radius 3 is 2.47 bits per heavy atom. The highest BCUT2D eigenvalue weighted by Crippen LogP contribution is 2.31. The molecule has 1 aromatic rings. The summed E-state index contributed by atoms with van der Waals surface area (Å²) < 4.78 is 31.6. The van der Waals surface area contributed by atoms with Gasteiger partial charge in [-0.3, -0.25) is 0 Å². The van der Waals surface area contributed by atoms with Gasteiger partial charge in [0.05, 0.1) is 0 Å². The van der Waals surface area contributed by atoms with E-state index in [2.05, 4.69) is 0 Å². The third kappa shape index (κ3) is 2.28. The monoisotopic (exact) mass is 287 g/mol. The number of rotatable bonds is 3. The predicted molar refractivity (Wildman–Crippen MR) is 67.7 cm³/mol. The maximum absolute atomic E-state index is 12.5. The molecule has 1 fully saturated rings. The topological polar surface area (TPSA) is 87.8 Å². The fourth-order valence-corrected chi connectivity index (χ4v) is 4.41. The molecule has 0 bridgehead atoms. The zero-order valence-corrected chi connectivity index (χ0v) is 12.0. The summed E-state index contributed by atoms with van der Waals surface area (Å²) in [4.78, 5) is 11.0. The lowest BCUT2D eigenvalue weighted by Crippen LogP contribution is -2.30. The van der Waals surface area contributed by atoms with E-state index in [1.807, 2.05) is 6.92 Å². The van der Waals surface area contributed by atoms with Crippen molar-refractivity contribution in [2.45, 2.75) is 32.1 Å². The number of carbonyl (C=O) groups is 1. The van der Waals surface area contributed by atoms with Crippen LogP contribution in [0, 0.1) is 19.8 Å². The number of aryl methyl sites for hydroxylation is 2. The average Bonchev–Trinajstić information content (AvgIpc) is 2.82. The molecule has 1 unspecified atom stereocenters. The van der Waals surface area contributed by atoms with Gasteiger partial charge in [0.1, 0.15) is 22.0 Å². The SMILES string of the molecule is Cc1oc(C)c(S(=O)(=O)N2CCC(C)C2)c1C(=O)O. The second-order valence-electron chi connectivity index (χ2n) is 4.98. The van der Waals surface area contributed by atoms with Gasteiger partial charge in [0, 0.05) is 13.1 Å². The van der Waals surface area contributed by atoms with E-state index in [0.717, 1.165) is 6.42 Å². The van der Waals surface area contributed by atoms with E-state index in [9.17, 15) is 18.3 Å². The molecule has 106 valence electrons. The summed E-state index contributed by atoms with van der Waals surface area (Å²) in [6.45, 7) is 5.76. The van der Waals surface area contributed by atoms with Crippen LogP contribution in [0.25, 0.3) is 0 Å². The van der Waals surface area contributed by atoms with Crippen LogP contribution < -0.4 is 0 Å². The summed E-state index contributed by atoms with van der Waals surface area (Å²) in [5.41, 5.74) is -0.253. The number of sulfonamides is 1. The number of nitrogens with zero attached hydrogens (tertiary/aromatic N) is 1. The molecule has 0 spiro atoms. The number of hydrogen-bond acceptors (Lipinski definition) is 4. The van der Waals surface area contributed by atoms with E-state index in [1.54, 1.807) is 0 Å². The van der Waals surface area contributed by atoms with Gasteiger partial charge in [-0.15, -0.1) is 0 Å². The Bertz CT molecular complexity index is 616. The molecule has 0 saturated carbocycles. The van der Waals surface area contributed by atoms with Gasteiger partial charge in [0.25, 0.3) is 0 Å². The van der Waals surface area contributed by atoms with Gasteiger partial charge in [-0.1, -0.05) is 6.92 Å². The molecule has 1 N–H and O–H groups in total. The molecule has 0 radical (unpaired) electrons. The molecule has 1 aliphatic rings. The molecule has 0 amide bonds. The zero-order valence-electron chi connectivity index (χ0n) is 11.1. The number of carboxylic acid groups (broad SMARTS) is 1. The highest BCUT2D eigenvalue weighted by atomic mass is 32.2. The van der Waals surface area contributed by atoms with Crippen LogP contribution in [0.1, 0.15) is 35.2 Å². The predicted octanol–water partition coefficient (Wildman–Crippen LogP) is 1.63. The minimum Gasteiger partial charge on any atom is -0.478 e. The molecule has 0 aromatic carbocycles. The van der Waals surface area contributed by atoms with Gasteiger partial charge in [-0.25, -0.2) is 13.2 Å². The first kappa shape index (κ1) is 14.1. The molecule has 0 aliphatic carbocycles. The fraction of sp³-hybridized carbons (Fsp3) is 0.583. The van der Waals surface area contributed by atoms with Crippen molar-refractivity contribution in [3.05, 3.63) is 17.1 Å². The van der Waals surface area contributed by atoms with Crippen LogP contribution in [0.4, 0.5) is 0 Å². The van der Waals surface area contributed by atoms with Crippen LogP contribution in [0.2, 0.25) is 0 Å². The van der Waals surface area contributed by atoms with Crippen LogP contribution in [0.15, 0.2) is 9.31 Å². The quantitative estimate of drug-likeness (QED) is 0.912. The van der Waals surface area contributed by atoms with Crippen LogP contribution >= 0.6 is 0 Å². The molecule has 7 heteroatoms. The third-order valence-electron chi connectivity index (χ3n) is 3.40. The first-order valence-electron chi connectivity index (χ1n) is 6.08. The smallest absolute Gasteiger partial charge is 0.340 e. The number of furan rings is 1. The molecular weight excluding hydrogens is 270 g/mol. The highest BCUT2D eigenvalue weighted by Gasteiger charge is 2.37. The van der Waals surface area contributed by atoms with Crippen molar-refractivity contribution in [2.75, 3.05) is 13.1 Å². The van der Waals surface area contributed by atoms with E-state index >= 15 is 0 Å².